The molecule has 1 heterocycles. The summed E-state index contributed by atoms with van der Waals surface area (Å²) in [5.74, 6) is 0.963. The first-order valence-electron chi connectivity index (χ1n) is 8.64. The quantitative estimate of drug-likeness (QED) is 0.768. The molecule has 3 rings (SSSR count). The zero-order valence-electron chi connectivity index (χ0n) is 13.2. The molecule has 0 saturated heterocycles. The Labute approximate surface area is 128 Å². The Bertz CT molecular complexity index is 557. The smallest absolute Gasteiger partial charge is 0.0480 e. The number of para-hydroxylation sites is 1. The van der Waals surface area contributed by atoms with E-state index in [-0.39, 0.29) is 0 Å². The van der Waals surface area contributed by atoms with Crippen LogP contribution < -0.4 is 5.32 Å². The number of hydrogen-bond donors (Lipinski definition) is 1. The van der Waals surface area contributed by atoms with Crippen LogP contribution in [0.15, 0.2) is 36.5 Å². The van der Waals surface area contributed by atoms with Crippen LogP contribution in [-0.2, 0) is 6.54 Å². The number of nitrogens with zero attached hydrogens (tertiary/aromatic N) is 1. The van der Waals surface area contributed by atoms with Gasteiger partial charge in [-0.05, 0) is 49.2 Å². The van der Waals surface area contributed by atoms with Gasteiger partial charge in [-0.3, -0.25) is 0 Å². The van der Waals surface area contributed by atoms with Gasteiger partial charge in [0, 0.05) is 24.3 Å². The summed E-state index contributed by atoms with van der Waals surface area (Å²) in [6, 6.07) is 11.6. The van der Waals surface area contributed by atoms with Crippen molar-refractivity contribution in [3.8, 4) is 0 Å². The second-order valence-corrected chi connectivity index (χ2v) is 6.51. The van der Waals surface area contributed by atoms with Gasteiger partial charge >= 0.3 is 0 Å². The largest absolute Gasteiger partial charge is 0.347 e. The Hall–Kier alpha value is -1.28. The fourth-order valence-electron chi connectivity index (χ4n) is 3.74. The minimum Gasteiger partial charge on any atom is -0.347 e. The van der Waals surface area contributed by atoms with E-state index in [0.29, 0.717) is 0 Å². The molecule has 1 aliphatic rings. The summed E-state index contributed by atoms with van der Waals surface area (Å²) in [4.78, 5) is 0. The standard InChI is InChI=1S/C19H28N2/c1-2-16-7-5-9-18(15-16)20-12-6-13-21-14-11-17-8-3-4-10-19(17)21/h3-4,8,10-11,14,16,18,20H,2,5-7,9,12-13,15H2,1H3. The number of hydrogen-bond acceptors (Lipinski definition) is 1. The van der Waals surface area contributed by atoms with E-state index in [4.69, 9.17) is 0 Å². The fraction of sp³-hybridized carbons (Fsp3) is 0.579. The van der Waals surface area contributed by atoms with Gasteiger partial charge in [0.05, 0.1) is 0 Å². The van der Waals surface area contributed by atoms with E-state index >= 15 is 0 Å². The average Bonchev–Trinajstić information content (AvgIpc) is 2.95. The molecule has 114 valence electrons. The summed E-state index contributed by atoms with van der Waals surface area (Å²) in [6.07, 6.45) is 10.4. The second-order valence-electron chi connectivity index (χ2n) is 6.51. The number of fused-ring (bicyclic) bond motifs is 1. The van der Waals surface area contributed by atoms with E-state index in [1.807, 2.05) is 0 Å². The lowest BCUT2D eigenvalue weighted by Crippen LogP contribution is -2.34. The molecule has 0 bridgehead atoms. The van der Waals surface area contributed by atoms with E-state index < -0.39 is 0 Å². The molecule has 2 atom stereocenters. The van der Waals surface area contributed by atoms with E-state index in [9.17, 15) is 0 Å². The van der Waals surface area contributed by atoms with Gasteiger partial charge in [0.15, 0.2) is 0 Å². The van der Waals surface area contributed by atoms with Gasteiger partial charge in [-0.15, -0.1) is 0 Å². The summed E-state index contributed by atoms with van der Waals surface area (Å²) < 4.78 is 2.38. The van der Waals surface area contributed by atoms with Crippen LogP contribution in [0, 0.1) is 5.92 Å². The third-order valence-corrected chi connectivity index (χ3v) is 5.05. The van der Waals surface area contributed by atoms with Crippen LogP contribution in [0.1, 0.15) is 45.4 Å². The number of aromatic nitrogens is 1. The number of aryl methyl sites for hydroxylation is 1. The molecule has 1 aromatic carbocycles. The third kappa shape index (κ3) is 3.68. The van der Waals surface area contributed by atoms with Crippen molar-refractivity contribution in [3.63, 3.8) is 0 Å². The van der Waals surface area contributed by atoms with Crippen molar-refractivity contribution in [1.29, 1.82) is 0 Å². The highest BCUT2D eigenvalue weighted by molar-refractivity contribution is 5.79. The maximum absolute atomic E-state index is 3.78. The first kappa shape index (κ1) is 14.6. The maximum atomic E-state index is 3.78. The molecule has 2 heteroatoms. The van der Waals surface area contributed by atoms with Crippen molar-refractivity contribution in [2.45, 2.75) is 58.0 Å². The van der Waals surface area contributed by atoms with E-state index in [1.54, 1.807) is 0 Å². The van der Waals surface area contributed by atoms with Crippen molar-refractivity contribution < 1.29 is 0 Å². The first-order valence-corrected chi connectivity index (χ1v) is 8.64. The molecule has 0 amide bonds. The second kappa shape index (κ2) is 7.13. The van der Waals surface area contributed by atoms with Crippen LogP contribution in [0.25, 0.3) is 10.9 Å². The van der Waals surface area contributed by atoms with Gasteiger partial charge in [0.25, 0.3) is 0 Å². The van der Waals surface area contributed by atoms with Crippen LogP contribution in [0.5, 0.6) is 0 Å². The highest BCUT2D eigenvalue weighted by atomic mass is 15.0. The molecule has 1 saturated carbocycles. The van der Waals surface area contributed by atoms with E-state index in [0.717, 1.165) is 25.0 Å². The Balaban J connectivity index is 1.44. The maximum Gasteiger partial charge on any atom is 0.0480 e. The minimum absolute atomic E-state index is 0.769. The number of rotatable bonds is 6. The molecule has 2 nitrogen and oxygen atoms in total. The molecule has 1 N–H and O–H groups in total. The molecular weight excluding hydrogens is 256 g/mol. The van der Waals surface area contributed by atoms with Crippen LogP contribution in [0.3, 0.4) is 0 Å². The lowest BCUT2D eigenvalue weighted by Gasteiger charge is -2.29. The molecule has 2 unspecified atom stereocenters. The van der Waals surface area contributed by atoms with Crippen molar-refractivity contribution in [3.05, 3.63) is 36.5 Å². The van der Waals surface area contributed by atoms with Gasteiger partial charge in [0.1, 0.15) is 0 Å². The average molecular weight is 284 g/mol. The third-order valence-electron chi connectivity index (χ3n) is 5.05. The summed E-state index contributed by atoms with van der Waals surface area (Å²) in [5.41, 5.74) is 1.36. The normalized spacial score (nSPS) is 22.7. The SMILES string of the molecule is CCC1CCCC(NCCCn2ccc3ccccc32)C1. The zero-order valence-corrected chi connectivity index (χ0v) is 13.2. The van der Waals surface area contributed by atoms with Crippen LogP contribution in [-0.4, -0.2) is 17.2 Å². The Kier molecular flexibility index (Phi) is 4.97. The van der Waals surface area contributed by atoms with Gasteiger partial charge in [0.2, 0.25) is 0 Å². The van der Waals surface area contributed by atoms with Crippen LogP contribution in [0.2, 0.25) is 0 Å². The Morgan fingerprint density at radius 3 is 3.00 bits per heavy atom. The summed E-state index contributed by atoms with van der Waals surface area (Å²) >= 11 is 0. The highest BCUT2D eigenvalue weighted by Crippen LogP contribution is 2.26. The molecule has 0 radical (unpaired) electrons. The highest BCUT2D eigenvalue weighted by Gasteiger charge is 2.19. The first-order chi connectivity index (χ1) is 10.4. The van der Waals surface area contributed by atoms with Gasteiger partial charge in [-0.2, -0.15) is 0 Å². The molecule has 1 aliphatic carbocycles. The minimum atomic E-state index is 0.769. The summed E-state index contributed by atoms with van der Waals surface area (Å²) in [6.45, 7) is 4.60. The molecule has 21 heavy (non-hydrogen) atoms. The van der Waals surface area contributed by atoms with E-state index in [2.05, 4.69) is 53.3 Å². The van der Waals surface area contributed by atoms with Crippen molar-refractivity contribution in [2.75, 3.05) is 6.54 Å². The van der Waals surface area contributed by atoms with Crippen molar-refractivity contribution >= 4 is 10.9 Å². The van der Waals surface area contributed by atoms with Crippen LogP contribution in [0.4, 0.5) is 0 Å². The van der Waals surface area contributed by atoms with Crippen molar-refractivity contribution in [1.82, 2.24) is 9.88 Å². The fourth-order valence-corrected chi connectivity index (χ4v) is 3.74. The molecular formula is C19H28N2. The summed E-state index contributed by atoms with van der Waals surface area (Å²) in [7, 11) is 0. The van der Waals surface area contributed by atoms with Gasteiger partial charge < -0.3 is 9.88 Å². The Morgan fingerprint density at radius 1 is 1.19 bits per heavy atom. The Morgan fingerprint density at radius 2 is 2.10 bits per heavy atom. The molecule has 0 spiro atoms. The molecule has 1 fully saturated rings. The lowest BCUT2D eigenvalue weighted by atomic mass is 9.84. The van der Waals surface area contributed by atoms with Crippen molar-refractivity contribution in [2.24, 2.45) is 5.92 Å². The lowest BCUT2D eigenvalue weighted by molar-refractivity contribution is 0.278. The predicted octanol–water partition coefficient (Wildman–Crippen LogP) is 4.59. The molecule has 2 aromatic rings. The molecule has 1 aromatic heterocycles. The van der Waals surface area contributed by atoms with E-state index in [1.165, 1.54) is 49.4 Å². The molecule has 0 aliphatic heterocycles. The van der Waals surface area contributed by atoms with Gasteiger partial charge in [-0.1, -0.05) is 44.4 Å². The number of benzene rings is 1. The van der Waals surface area contributed by atoms with Crippen LogP contribution >= 0.6 is 0 Å². The zero-order chi connectivity index (χ0) is 14.5. The number of nitrogens with one attached hydrogen (secondary N) is 1. The van der Waals surface area contributed by atoms with Gasteiger partial charge in [-0.25, -0.2) is 0 Å². The monoisotopic (exact) mass is 284 g/mol. The topological polar surface area (TPSA) is 17.0 Å². The summed E-state index contributed by atoms with van der Waals surface area (Å²) in [5, 5.41) is 5.13. The predicted molar refractivity (Wildman–Crippen MR) is 90.6 cm³/mol.